The average Bonchev–Trinajstić information content (AvgIpc) is 3.28. The molecule has 0 saturated carbocycles. The Morgan fingerprint density at radius 2 is 0.905 bits per heavy atom. The second-order valence-corrected chi connectivity index (χ2v) is 16.3. The molecule has 8 atom stereocenters. The Balaban J connectivity index is 1.50. The quantitative estimate of drug-likeness (QED) is 0.0547. The number of nitrogens with zero attached hydrogens (tertiary/aromatic N) is 3. The van der Waals surface area contributed by atoms with Crippen LogP contribution in [0.3, 0.4) is 0 Å². The second kappa shape index (κ2) is 24.7. The fourth-order valence-corrected chi connectivity index (χ4v) is 7.46. The number of rotatable bonds is 20. The lowest BCUT2D eigenvalue weighted by molar-refractivity contribution is -0.113. The Morgan fingerprint density at radius 1 is 0.540 bits per heavy atom. The summed E-state index contributed by atoms with van der Waals surface area (Å²) in [5.41, 5.74) is 3.34. The highest BCUT2D eigenvalue weighted by molar-refractivity contribution is 5.98. The molecule has 0 radical (unpaired) electrons. The van der Waals surface area contributed by atoms with E-state index in [1.54, 1.807) is 26.0 Å². The van der Waals surface area contributed by atoms with E-state index in [1.807, 2.05) is 30.3 Å². The summed E-state index contributed by atoms with van der Waals surface area (Å²) in [4.78, 5) is 33.2. The summed E-state index contributed by atoms with van der Waals surface area (Å²) in [5, 5.41) is 126. The third-order valence-corrected chi connectivity index (χ3v) is 11.2. The van der Waals surface area contributed by atoms with Crippen LogP contribution in [0.1, 0.15) is 55.0 Å². The predicted octanol–water partition coefficient (Wildman–Crippen LogP) is -2.74. The maximum atomic E-state index is 13.3. The van der Waals surface area contributed by atoms with Crippen molar-refractivity contribution in [1.29, 1.82) is 0 Å². The molecule has 350 valence electrons. The summed E-state index contributed by atoms with van der Waals surface area (Å²) in [7, 11) is 0. The van der Waals surface area contributed by atoms with E-state index in [4.69, 9.17) is 10.2 Å². The van der Waals surface area contributed by atoms with Crippen LogP contribution >= 0.6 is 0 Å². The first kappa shape index (κ1) is 51.3. The molecule has 3 aromatic rings. The largest absolute Gasteiger partial charge is 0.507 e. The molecule has 2 amide bonds. The summed E-state index contributed by atoms with van der Waals surface area (Å²) < 4.78 is 0. The molecule has 19 heteroatoms. The van der Waals surface area contributed by atoms with Gasteiger partial charge < -0.3 is 71.9 Å². The number of carbonyl (C=O) groups excluding carboxylic acids is 2. The molecule has 14 N–H and O–H groups in total. The van der Waals surface area contributed by atoms with Crippen molar-refractivity contribution in [3.63, 3.8) is 0 Å². The van der Waals surface area contributed by atoms with Gasteiger partial charge in [0.2, 0.25) is 0 Å². The topological polar surface area (TPSA) is 311 Å². The summed E-state index contributed by atoms with van der Waals surface area (Å²) in [6.45, 7) is 5.73. The van der Waals surface area contributed by atoms with Gasteiger partial charge in [0, 0.05) is 70.0 Å². The predicted molar refractivity (Wildman–Crippen MR) is 229 cm³/mol. The van der Waals surface area contributed by atoms with Crippen LogP contribution in [-0.4, -0.2) is 202 Å². The number of amides is 2. The molecule has 0 bridgehead atoms. The van der Waals surface area contributed by atoms with E-state index in [2.05, 4.69) is 25.3 Å². The van der Waals surface area contributed by atoms with Crippen molar-refractivity contribution >= 4 is 11.8 Å². The fourth-order valence-electron chi connectivity index (χ4n) is 7.46. The molecule has 1 fully saturated rings. The Labute approximate surface area is 366 Å². The minimum Gasteiger partial charge on any atom is -0.507 e. The molecule has 63 heavy (non-hydrogen) atoms. The van der Waals surface area contributed by atoms with E-state index in [0.717, 1.165) is 5.56 Å². The maximum absolute atomic E-state index is 13.3. The number of aliphatic hydroxyl groups excluding tert-OH is 10. The first-order chi connectivity index (χ1) is 29.9. The molecule has 1 heterocycles. The Morgan fingerprint density at radius 3 is 1.29 bits per heavy atom. The minimum absolute atomic E-state index is 0.0583. The monoisotopic (exact) mass is 887 g/mol. The number of benzene rings is 3. The molecule has 3 aromatic carbocycles. The van der Waals surface area contributed by atoms with Crippen molar-refractivity contribution in [3.8, 4) is 11.5 Å². The third kappa shape index (κ3) is 14.9. The lowest BCUT2D eigenvalue weighted by Gasteiger charge is -2.33. The van der Waals surface area contributed by atoms with E-state index in [1.165, 1.54) is 12.1 Å². The van der Waals surface area contributed by atoms with Crippen LogP contribution in [0.25, 0.3) is 0 Å². The standard InChI is InChI=1S/C44H65N5O14/c1-26-15-29(37(56)31(17-26)43(62)45-19-33(52)39(58)41(60)35(54)24-50)22-47-9-6-10-48(12-14-49(13-11-47)21-28-7-4-3-5-8-28)23-30-16-27(2)18-32(38(30)57)44(63)46-20-34(53)40(59)42(61)36(55)25-51/h3-5,7-8,15-18,33-36,39-42,50-61H,6,9-14,19-25H2,1-2H3,(H,45,62)(H,46,63). The summed E-state index contributed by atoms with van der Waals surface area (Å²) in [6.07, 6.45) is -13.6. The molecule has 4 rings (SSSR count). The highest BCUT2D eigenvalue weighted by atomic mass is 16.4. The van der Waals surface area contributed by atoms with E-state index < -0.39 is 86.9 Å². The van der Waals surface area contributed by atoms with Gasteiger partial charge in [-0.05, 0) is 62.2 Å². The van der Waals surface area contributed by atoms with E-state index >= 15 is 0 Å². The molecule has 19 nitrogen and oxygen atoms in total. The smallest absolute Gasteiger partial charge is 0.255 e. The van der Waals surface area contributed by atoms with E-state index in [0.29, 0.717) is 74.5 Å². The van der Waals surface area contributed by atoms with Crippen molar-refractivity contribution in [3.05, 3.63) is 93.5 Å². The lowest BCUT2D eigenvalue weighted by atomic mass is 10.0. The first-order valence-electron chi connectivity index (χ1n) is 21.0. The number of phenolic OH excluding ortho intramolecular Hbond substituents is 2. The zero-order valence-corrected chi connectivity index (χ0v) is 35.7. The number of carbonyl (C=O) groups is 2. The first-order valence-corrected chi connectivity index (χ1v) is 21.0. The van der Waals surface area contributed by atoms with Gasteiger partial charge in [-0.15, -0.1) is 0 Å². The van der Waals surface area contributed by atoms with Gasteiger partial charge in [-0.1, -0.05) is 42.5 Å². The van der Waals surface area contributed by atoms with Gasteiger partial charge in [-0.25, -0.2) is 0 Å². The minimum atomic E-state index is -1.87. The number of hydrogen-bond donors (Lipinski definition) is 14. The summed E-state index contributed by atoms with van der Waals surface area (Å²) >= 11 is 0. The normalized spacial score (nSPS) is 18.7. The van der Waals surface area contributed by atoms with Gasteiger partial charge >= 0.3 is 0 Å². The molecule has 1 aliphatic heterocycles. The van der Waals surface area contributed by atoms with Crippen LogP contribution in [0.2, 0.25) is 0 Å². The Bertz CT molecular complexity index is 1800. The van der Waals surface area contributed by atoms with Crippen molar-refractivity contribution in [2.24, 2.45) is 0 Å². The van der Waals surface area contributed by atoms with Crippen molar-refractivity contribution in [1.82, 2.24) is 25.3 Å². The summed E-state index contributed by atoms with van der Waals surface area (Å²) in [5.74, 6) is -2.00. The van der Waals surface area contributed by atoms with Crippen LogP contribution in [0, 0.1) is 13.8 Å². The van der Waals surface area contributed by atoms with Gasteiger partial charge in [0.1, 0.15) is 48.1 Å². The van der Waals surface area contributed by atoms with Crippen LogP contribution in [0.15, 0.2) is 54.6 Å². The van der Waals surface area contributed by atoms with Gasteiger partial charge in [-0.3, -0.25) is 24.3 Å². The number of phenols is 2. The molecule has 0 spiro atoms. The van der Waals surface area contributed by atoms with Crippen LogP contribution in [0.4, 0.5) is 0 Å². The third-order valence-electron chi connectivity index (χ3n) is 11.2. The zero-order valence-electron chi connectivity index (χ0n) is 35.7. The van der Waals surface area contributed by atoms with E-state index in [-0.39, 0.29) is 35.7 Å². The molecular weight excluding hydrogens is 823 g/mol. The van der Waals surface area contributed by atoms with Gasteiger partial charge in [0.25, 0.3) is 11.8 Å². The highest BCUT2D eigenvalue weighted by Gasteiger charge is 2.32. The molecular formula is C44H65N5O14. The van der Waals surface area contributed by atoms with Crippen molar-refractivity contribution in [2.75, 3.05) is 65.6 Å². The van der Waals surface area contributed by atoms with E-state index in [9.17, 15) is 60.7 Å². The van der Waals surface area contributed by atoms with Crippen LogP contribution in [-0.2, 0) is 19.6 Å². The second-order valence-electron chi connectivity index (χ2n) is 16.3. The number of aliphatic hydroxyl groups is 10. The lowest BCUT2D eigenvalue weighted by Crippen LogP contribution is -2.49. The van der Waals surface area contributed by atoms with Crippen molar-refractivity contribution < 1.29 is 70.9 Å². The SMILES string of the molecule is Cc1cc(CN2CCCN(Cc3cc(C)cc(C(=O)NCC(O)C(O)C(O)C(O)CO)c3O)CCN(Cc3ccccc3)CC2)c(O)c(C(=O)NCC(O)C(O)C(O)C(O)CO)c1. The number of aromatic hydroxyl groups is 2. The van der Waals surface area contributed by atoms with Crippen molar-refractivity contribution in [2.45, 2.75) is 88.7 Å². The fraction of sp³-hybridized carbons (Fsp3) is 0.545. The Hall–Kier alpha value is -4.32. The van der Waals surface area contributed by atoms with Gasteiger partial charge in [-0.2, -0.15) is 0 Å². The number of hydrogen-bond acceptors (Lipinski definition) is 17. The highest BCUT2D eigenvalue weighted by Crippen LogP contribution is 2.28. The number of nitrogens with one attached hydrogen (secondary N) is 2. The van der Waals surface area contributed by atoms with Gasteiger partial charge in [0.15, 0.2) is 0 Å². The average molecular weight is 888 g/mol. The zero-order chi connectivity index (χ0) is 46.4. The Kier molecular flexibility index (Phi) is 20.1. The molecule has 1 aliphatic rings. The van der Waals surface area contributed by atoms with Crippen LogP contribution < -0.4 is 10.6 Å². The number of aryl methyl sites for hydroxylation is 2. The maximum Gasteiger partial charge on any atom is 0.255 e. The molecule has 1 saturated heterocycles. The molecule has 0 aromatic heterocycles. The molecule has 0 aliphatic carbocycles. The molecule has 8 unspecified atom stereocenters. The summed E-state index contributed by atoms with van der Waals surface area (Å²) in [6, 6.07) is 16.5. The van der Waals surface area contributed by atoms with Gasteiger partial charge in [0.05, 0.1) is 36.5 Å². The van der Waals surface area contributed by atoms with Crippen LogP contribution in [0.5, 0.6) is 11.5 Å².